The Bertz CT molecular complexity index is 590. The number of ether oxygens (including phenoxy) is 1. The van der Waals surface area contributed by atoms with Crippen LogP contribution < -0.4 is 10.5 Å². The van der Waals surface area contributed by atoms with Crippen molar-refractivity contribution in [3.63, 3.8) is 0 Å². The SMILES string of the molecule is CCC(N)Cc1cc(Cl)cc(Cl)c1OCc1cccnc1. The summed E-state index contributed by atoms with van der Waals surface area (Å²) in [5.41, 5.74) is 7.95. The summed E-state index contributed by atoms with van der Waals surface area (Å²) in [6.45, 7) is 2.45. The normalized spacial score (nSPS) is 12.2. The molecule has 0 aliphatic rings. The van der Waals surface area contributed by atoms with Crippen LogP contribution in [0.5, 0.6) is 5.75 Å². The lowest BCUT2D eigenvalue weighted by Gasteiger charge is -2.16. The summed E-state index contributed by atoms with van der Waals surface area (Å²) in [5.74, 6) is 0.647. The second kappa shape index (κ2) is 7.64. The van der Waals surface area contributed by atoms with Gasteiger partial charge in [-0.1, -0.05) is 36.2 Å². The van der Waals surface area contributed by atoms with E-state index in [1.165, 1.54) is 0 Å². The molecule has 112 valence electrons. The van der Waals surface area contributed by atoms with Crippen molar-refractivity contribution in [1.82, 2.24) is 4.98 Å². The third-order valence-corrected chi connectivity index (χ3v) is 3.70. The molecule has 2 aromatic rings. The van der Waals surface area contributed by atoms with Gasteiger partial charge in [0.25, 0.3) is 0 Å². The molecule has 0 aliphatic carbocycles. The summed E-state index contributed by atoms with van der Waals surface area (Å²) < 4.78 is 5.87. The van der Waals surface area contributed by atoms with Crippen LogP contribution in [0.1, 0.15) is 24.5 Å². The number of halogens is 2. The van der Waals surface area contributed by atoms with Crippen molar-refractivity contribution >= 4 is 23.2 Å². The van der Waals surface area contributed by atoms with Crippen LogP contribution >= 0.6 is 23.2 Å². The molecule has 1 heterocycles. The van der Waals surface area contributed by atoms with E-state index in [1.54, 1.807) is 18.5 Å². The second-order valence-corrected chi connectivity index (χ2v) is 5.74. The summed E-state index contributed by atoms with van der Waals surface area (Å²) in [6.07, 6.45) is 5.05. The molecule has 0 fully saturated rings. The van der Waals surface area contributed by atoms with Gasteiger partial charge >= 0.3 is 0 Å². The third kappa shape index (κ3) is 4.60. The van der Waals surface area contributed by atoms with E-state index in [1.807, 2.05) is 25.1 Å². The molecule has 0 spiro atoms. The number of hydrogen-bond donors (Lipinski definition) is 1. The number of hydrogen-bond acceptors (Lipinski definition) is 3. The van der Waals surface area contributed by atoms with Crippen molar-refractivity contribution in [1.29, 1.82) is 0 Å². The fourth-order valence-electron chi connectivity index (χ4n) is 1.99. The molecule has 0 radical (unpaired) electrons. The largest absolute Gasteiger partial charge is 0.487 e. The first kappa shape index (κ1) is 16.1. The molecule has 3 nitrogen and oxygen atoms in total. The number of aromatic nitrogens is 1. The van der Waals surface area contributed by atoms with E-state index in [-0.39, 0.29) is 6.04 Å². The lowest BCUT2D eigenvalue weighted by Crippen LogP contribution is -2.21. The van der Waals surface area contributed by atoms with Crippen LogP contribution in [-0.4, -0.2) is 11.0 Å². The maximum absolute atomic E-state index is 6.26. The number of pyridine rings is 1. The van der Waals surface area contributed by atoms with Gasteiger partial charge in [-0.3, -0.25) is 4.98 Å². The van der Waals surface area contributed by atoms with Gasteiger partial charge < -0.3 is 10.5 Å². The molecule has 0 saturated carbocycles. The summed E-state index contributed by atoms with van der Waals surface area (Å²) in [7, 11) is 0. The third-order valence-electron chi connectivity index (χ3n) is 3.20. The summed E-state index contributed by atoms with van der Waals surface area (Å²) >= 11 is 12.3. The topological polar surface area (TPSA) is 48.1 Å². The Labute approximate surface area is 135 Å². The van der Waals surface area contributed by atoms with E-state index in [4.69, 9.17) is 33.7 Å². The van der Waals surface area contributed by atoms with Crippen molar-refractivity contribution < 1.29 is 4.74 Å². The molecule has 1 atom stereocenters. The van der Waals surface area contributed by atoms with Crippen LogP contribution in [0.4, 0.5) is 0 Å². The van der Waals surface area contributed by atoms with E-state index in [9.17, 15) is 0 Å². The lowest BCUT2D eigenvalue weighted by molar-refractivity contribution is 0.302. The van der Waals surface area contributed by atoms with Gasteiger partial charge in [-0.2, -0.15) is 0 Å². The minimum Gasteiger partial charge on any atom is -0.487 e. The van der Waals surface area contributed by atoms with Gasteiger partial charge in [0.15, 0.2) is 0 Å². The quantitative estimate of drug-likeness (QED) is 0.864. The maximum Gasteiger partial charge on any atom is 0.141 e. The van der Waals surface area contributed by atoms with Gasteiger partial charge in [0.1, 0.15) is 12.4 Å². The van der Waals surface area contributed by atoms with Crippen LogP contribution in [0.3, 0.4) is 0 Å². The lowest BCUT2D eigenvalue weighted by atomic mass is 10.0. The number of nitrogens with two attached hydrogens (primary N) is 1. The van der Waals surface area contributed by atoms with E-state index in [0.717, 1.165) is 17.5 Å². The van der Waals surface area contributed by atoms with Crippen LogP contribution in [0.25, 0.3) is 0 Å². The number of benzene rings is 1. The predicted molar refractivity (Wildman–Crippen MR) is 87.0 cm³/mol. The molecule has 1 aromatic carbocycles. The Morgan fingerprint density at radius 2 is 2.14 bits per heavy atom. The first-order chi connectivity index (χ1) is 10.1. The monoisotopic (exact) mass is 324 g/mol. The van der Waals surface area contributed by atoms with Gasteiger partial charge in [-0.25, -0.2) is 0 Å². The molecular weight excluding hydrogens is 307 g/mol. The Hall–Kier alpha value is -1.29. The average molecular weight is 325 g/mol. The standard InChI is InChI=1S/C16H18Cl2N2O/c1-2-14(19)7-12-6-13(17)8-15(18)16(12)21-10-11-4-3-5-20-9-11/h3-6,8-9,14H,2,7,10,19H2,1H3. The maximum atomic E-state index is 6.26. The molecule has 0 aliphatic heterocycles. The molecule has 5 heteroatoms. The fraction of sp³-hybridized carbons (Fsp3) is 0.312. The highest BCUT2D eigenvalue weighted by atomic mass is 35.5. The molecule has 1 unspecified atom stereocenters. The van der Waals surface area contributed by atoms with Crippen molar-refractivity contribution in [3.8, 4) is 5.75 Å². The van der Waals surface area contributed by atoms with Crippen molar-refractivity contribution in [2.45, 2.75) is 32.4 Å². The molecule has 2 N–H and O–H groups in total. The summed E-state index contributed by atoms with van der Waals surface area (Å²) in [6, 6.07) is 7.43. The molecule has 21 heavy (non-hydrogen) atoms. The van der Waals surface area contributed by atoms with Crippen molar-refractivity contribution in [3.05, 3.63) is 57.8 Å². The average Bonchev–Trinajstić information content (AvgIpc) is 2.47. The van der Waals surface area contributed by atoms with Crippen LogP contribution in [-0.2, 0) is 13.0 Å². The number of nitrogens with zero attached hydrogens (tertiary/aromatic N) is 1. The number of rotatable bonds is 6. The highest BCUT2D eigenvalue weighted by Gasteiger charge is 2.13. The van der Waals surface area contributed by atoms with E-state index >= 15 is 0 Å². The highest BCUT2D eigenvalue weighted by Crippen LogP contribution is 2.33. The van der Waals surface area contributed by atoms with Gasteiger partial charge in [0.05, 0.1) is 5.02 Å². The minimum atomic E-state index is 0.0558. The highest BCUT2D eigenvalue weighted by molar-refractivity contribution is 6.35. The van der Waals surface area contributed by atoms with E-state index in [2.05, 4.69) is 4.98 Å². The summed E-state index contributed by atoms with van der Waals surface area (Å²) in [5, 5.41) is 1.09. The second-order valence-electron chi connectivity index (χ2n) is 4.90. The summed E-state index contributed by atoms with van der Waals surface area (Å²) in [4.78, 5) is 4.06. The van der Waals surface area contributed by atoms with Crippen LogP contribution in [0.2, 0.25) is 10.0 Å². The predicted octanol–water partition coefficient (Wildman–Crippen LogP) is 4.25. The van der Waals surface area contributed by atoms with E-state index < -0.39 is 0 Å². The Kier molecular flexibility index (Phi) is 5.85. The first-order valence-electron chi connectivity index (χ1n) is 6.85. The molecule has 0 bridgehead atoms. The first-order valence-corrected chi connectivity index (χ1v) is 7.61. The molecular formula is C16H18Cl2N2O. The van der Waals surface area contributed by atoms with E-state index in [0.29, 0.717) is 28.8 Å². The molecule has 0 saturated heterocycles. The van der Waals surface area contributed by atoms with Gasteiger partial charge in [-0.15, -0.1) is 0 Å². The molecule has 2 rings (SSSR count). The Morgan fingerprint density at radius 1 is 1.33 bits per heavy atom. The minimum absolute atomic E-state index is 0.0558. The molecule has 0 amide bonds. The van der Waals surface area contributed by atoms with Crippen LogP contribution in [0, 0.1) is 0 Å². The zero-order valence-electron chi connectivity index (χ0n) is 11.9. The zero-order valence-corrected chi connectivity index (χ0v) is 13.4. The van der Waals surface area contributed by atoms with Crippen molar-refractivity contribution in [2.75, 3.05) is 0 Å². The van der Waals surface area contributed by atoms with Gasteiger partial charge in [0.2, 0.25) is 0 Å². The molecule has 1 aromatic heterocycles. The zero-order chi connectivity index (χ0) is 15.2. The Balaban J connectivity index is 2.20. The van der Waals surface area contributed by atoms with Gasteiger partial charge in [0, 0.05) is 29.0 Å². The Morgan fingerprint density at radius 3 is 2.81 bits per heavy atom. The van der Waals surface area contributed by atoms with Crippen molar-refractivity contribution in [2.24, 2.45) is 5.73 Å². The smallest absolute Gasteiger partial charge is 0.141 e. The van der Waals surface area contributed by atoms with Gasteiger partial charge in [-0.05, 0) is 36.6 Å². The fourth-order valence-corrected chi connectivity index (χ4v) is 2.58. The van der Waals surface area contributed by atoms with Crippen LogP contribution in [0.15, 0.2) is 36.7 Å².